The molecule has 23 heavy (non-hydrogen) atoms. The van der Waals surface area contributed by atoms with Crippen LogP contribution >= 0.6 is 34.5 Å². The maximum atomic E-state index is 12.2. The van der Waals surface area contributed by atoms with E-state index in [1.54, 1.807) is 36.7 Å². The van der Waals surface area contributed by atoms with Crippen molar-refractivity contribution in [3.8, 4) is 11.3 Å². The number of carbonyl (C=O) groups is 1. The monoisotopic (exact) mass is 363 g/mol. The van der Waals surface area contributed by atoms with Crippen LogP contribution in [-0.4, -0.2) is 15.9 Å². The third-order valence-corrected chi connectivity index (χ3v) is 4.78. The van der Waals surface area contributed by atoms with Crippen molar-refractivity contribution in [2.24, 2.45) is 0 Å². The van der Waals surface area contributed by atoms with Crippen molar-refractivity contribution < 1.29 is 4.79 Å². The molecule has 3 aromatic rings. The molecule has 0 spiro atoms. The number of nitrogens with one attached hydrogen (secondary N) is 1. The molecule has 1 N–H and O–H groups in total. The predicted molar refractivity (Wildman–Crippen MR) is 94.5 cm³/mol. The highest BCUT2D eigenvalue weighted by Gasteiger charge is 2.14. The number of aromatic nitrogens is 2. The molecule has 2 aromatic heterocycles. The van der Waals surface area contributed by atoms with Gasteiger partial charge in [-0.25, -0.2) is 4.98 Å². The summed E-state index contributed by atoms with van der Waals surface area (Å²) in [5.74, 6) is -0.221. The van der Waals surface area contributed by atoms with Gasteiger partial charge in [0.25, 0.3) is 5.91 Å². The standard InChI is InChI=1S/C16H11Cl2N3OS/c1-9-14(11-2-3-12(17)13(18)8-11)20-16(23-9)21-15(22)10-4-6-19-7-5-10/h2-8H,1H3,(H,20,21,22). The number of hydrogen-bond donors (Lipinski definition) is 1. The van der Waals surface area contributed by atoms with Crippen molar-refractivity contribution in [3.05, 3.63) is 63.2 Å². The summed E-state index contributed by atoms with van der Waals surface area (Å²) in [5, 5.41) is 4.30. The Balaban J connectivity index is 1.86. The fourth-order valence-electron chi connectivity index (χ4n) is 2.03. The number of halogens is 2. The molecule has 0 aliphatic rings. The number of benzene rings is 1. The fraction of sp³-hybridized carbons (Fsp3) is 0.0625. The smallest absolute Gasteiger partial charge is 0.257 e. The first-order valence-corrected chi connectivity index (χ1v) is 8.26. The summed E-state index contributed by atoms with van der Waals surface area (Å²) in [6.07, 6.45) is 3.15. The highest BCUT2D eigenvalue weighted by molar-refractivity contribution is 7.16. The van der Waals surface area contributed by atoms with Crippen LogP contribution in [0.1, 0.15) is 15.2 Å². The highest BCUT2D eigenvalue weighted by atomic mass is 35.5. The Hall–Kier alpha value is -1.95. The number of aryl methyl sites for hydroxylation is 1. The second-order valence-corrected chi connectivity index (χ2v) is 6.76. The molecule has 7 heteroatoms. The lowest BCUT2D eigenvalue weighted by Crippen LogP contribution is -2.11. The zero-order valence-corrected chi connectivity index (χ0v) is 14.3. The van der Waals surface area contributed by atoms with E-state index in [2.05, 4.69) is 15.3 Å². The first-order chi connectivity index (χ1) is 11.0. The Morgan fingerprint density at radius 2 is 1.87 bits per heavy atom. The molecule has 2 heterocycles. The van der Waals surface area contributed by atoms with Gasteiger partial charge >= 0.3 is 0 Å². The van der Waals surface area contributed by atoms with E-state index >= 15 is 0 Å². The average Bonchev–Trinajstić information content (AvgIpc) is 2.91. The van der Waals surface area contributed by atoms with Crippen LogP contribution in [0.3, 0.4) is 0 Å². The zero-order chi connectivity index (χ0) is 16.4. The zero-order valence-electron chi connectivity index (χ0n) is 12.0. The molecule has 116 valence electrons. The van der Waals surface area contributed by atoms with Crippen LogP contribution in [0.4, 0.5) is 5.13 Å². The predicted octanol–water partition coefficient (Wildman–Crippen LogP) is 5.07. The third-order valence-electron chi connectivity index (χ3n) is 3.15. The Bertz CT molecular complexity index is 865. The van der Waals surface area contributed by atoms with Crippen LogP contribution in [0.2, 0.25) is 10.0 Å². The minimum absolute atomic E-state index is 0.221. The van der Waals surface area contributed by atoms with Gasteiger partial charge in [0.2, 0.25) is 0 Å². The van der Waals surface area contributed by atoms with E-state index in [1.807, 2.05) is 13.0 Å². The van der Waals surface area contributed by atoms with Gasteiger partial charge in [0.1, 0.15) is 0 Å². The number of pyridine rings is 1. The molecular formula is C16H11Cl2N3OS. The highest BCUT2D eigenvalue weighted by Crippen LogP contribution is 2.33. The SMILES string of the molecule is Cc1sc(NC(=O)c2ccncc2)nc1-c1ccc(Cl)c(Cl)c1. The van der Waals surface area contributed by atoms with E-state index in [0.29, 0.717) is 20.7 Å². The molecule has 0 aliphatic carbocycles. The molecule has 0 bridgehead atoms. The molecule has 3 rings (SSSR count). The fourth-order valence-corrected chi connectivity index (χ4v) is 3.16. The van der Waals surface area contributed by atoms with Crippen LogP contribution in [0.25, 0.3) is 11.3 Å². The number of thiazole rings is 1. The number of nitrogens with zero attached hydrogens (tertiary/aromatic N) is 2. The lowest BCUT2D eigenvalue weighted by molar-refractivity contribution is 0.102. The van der Waals surface area contributed by atoms with Crippen LogP contribution < -0.4 is 5.32 Å². The van der Waals surface area contributed by atoms with Crippen molar-refractivity contribution in [2.45, 2.75) is 6.92 Å². The molecule has 1 aromatic carbocycles. The summed E-state index contributed by atoms with van der Waals surface area (Å²) in [5.41, 5.74) is 2.17. The topological polar surface area (TPSA) is 54.9 Å². The van der Waals surface area contributed by atoms with Crippen LogP contribution in [0, 0.1) is 6.92 Å². The number of rotatable bonds is 3. The molecular weight excluding hydrogens is 353 g/mol. The van der Waals surface area contributed by atoms with Crippen molar-refractivity contribution >= 4 is 45.6 Å². The molecule has 0 fully saturated rings. The molecule has 0 atom stereocenters. The second-order valence-electron chi connectivity index (χ2n) is 4.74. The van der Waals surface area contributed by atoms with Crippen LogP contribution in [0.15, 0.2) is 42.7 Å². The molecule has 0 radical (unpaired) electrons. The Morgan fingerprint density at radius 3 is 2.57 bits per heavy atom. The van der Waals surface area contributed by atoms with Crippen LogP contribution in [0.5, 0.6) is 0 Å². The third kappa shape index (κ3) is 3.52. The van der Waals surface area contributed by atoms with E-state index in [9.17, 15) is 4.79 Å². The van der Waals surface area contributed by atoms with Gasteiger partial charge in [0.15, 0.2) is 5.13 Å². The molecule has 1 amide bonds. The number of amides is 1. The van der Waals surface area contributed by atoms with Gasteiger partial charge in [-0.05, 0) is 31.2 Å². The largest absolute Gasteiger partial charge is 0.298 e. The van der Waals surface area contributed by atoms with Gasteiger partial charge < -0.3 is 0 Å². The van der Waals surface area contributed by atoms with Crippen LogP contribution in [-0.2, 0) is 0 Å². The summed E-state index contributed by atoms with van der Waals surface area (Å²) in [6.45, 7) is 1.94. The van der Waals surface area contributed by atoms with E-state index < -0.39 is 0 Å². The molecule has 0 aliphatic heterocycles. The van der Waals surface area contributed by atoms with Gasteiger partial charge in [-0.1, -0.05) is 29.3 Å². The number of anilines is 1. The summed E-state index contributed by atoms with van der Waals surface area (Å²) in [7, 11) is 0. The Labute approximate surface area is 147 Å². The van der Waals surface area contributed by atoms with Gasteiger partial charge in [-0.2, -0.15) is 0 Å². The summed E-state index contributed by atoms with van der Waals surface area (Å²) in [6, 6.07) is 8.64. The number of hydrogen-bond acceptors (Lipinski definition) is 4. The van der Waals surface area contributed by atoms with E-state index in [0.717, 1.165) is 16.1 Å². The van der Waals surface area contributed by atoms with Crippen molar-refractivity contribution in [1.29, 1.82) is 0 Å². The van der Waals surface area contributed by atoms with Crippen molar-refractivity contribution in [2.75, 3.05) is 5.32 Å². The lowest BCUT2D eigenvalue weighted by Gasteiger charge is -2.02. The quantitative estimate of drug-likeness (QED) is 0.706. The average molecular weight is 364 g/mol. The summed E-state index contributed by atoms with van der Waals surface area (Å²) in [4.78, 5) is 21.5. The Kier molecular flexibility index (Phi) is 4.61. The normalized spacial score (nSPS) is 10.6. The van der Waals surface area contributed by atoms with E-state index in [1.165, 1.54) is 11.3 Å². The van der Waals surface area contributed by atoms with Crippen molar-refractivity contribution in [3.63, 3.8) is 0 Å². The maximum absolute atomic E-state index is 12.2. The Morgan fingerprint density at radius 1 is 1.13 bits per heavy atom. The van der Waals surface area contributed by atoms with Gasteiger partial charge in [-0.3, -0.25) is 15.1 Å². The van der Waals surface area contributed by atoms with E-state index in [-0.39, 0.29) is 5.91 Å². The van der Waals surface area contributed by atoms with Gasteiger partial charge in [0.05, 0.1) is 15.7 Å². The maximum Gasteiger partial charge on any atom is 0.257 e. The minimum Gasteiger partial charge on any atom is -0.298 e. The van der Waals surface area contributed by atoms with Gasteiger partial charge in [-0.15, -0.1) is 11.3 Å². The number of carbonyl (C=O) groups excluding carboxylic acids is 1. The van der Waals surface area contributed by atoms with E-state index in [4.69, 9.17) is 23.2 Å². The first kappa shape index (κ1) is 15.9. The van der Waals surface area contributed by atoms with Gasteiger partial charge in [0, 0.05) is 28.4 Å². The molecule has 0 unspecified atom stereocenters. The minimum atomic E-state index is -0.221. The van der Waals surface area contributed by atoms with Crippen molar-refractivity contribution in [1.82, 2.24) is 9.97 Å². The second kappa shape index (κ2) is 6.66. The lowest BCUT2D eigenvalue weighted by atomic mass is 10.1. The molecule has 4 nitrogen and oxygen atoms in total. The molecule has 0 saturated carbocycles. The summed E-state index contributed by atoms with van der Waals surface area (Å²) < 4.78 is 0. The first-order valence-electron chi connectivity index (χ1n) is 6.69. The summed E-state index contributed by atoms with van der Waals surface area (Å²) >= 11 is 13.4. The molecule has 0 saturated heterocycles.